The SMILES string of the molecule is Cc1ccc(S(=O)(=O)N[C@H](C(=O)O)C(C)C)cc1C(N)=O. The predicted molar refractivity (Wildman–Crippen MR) is 76.3 cm³/mol. The summed E-state index contributed by atoms with van der Waals surface area (Å²) in [5, 5.41) is 9.04. The van der Waals surface area contributed by atoms with E-state index >= 15 is 0 Å². The number of hydrogen-bond acceptors (Lipinski definition) is 4. The number of carbonyl (C=O) groups is 2. The molecule has 1 aromatic carbocycles. The van der Waals surface area contributed by atoms with Crippen LogP contribution in [0.3, 0.4) is 0 Å². The van der Waals surface area contributed by atoms with Crippen LogP contribution >= 0.6 is 0 Å². The van der Waals surface area contributed by atoms with Gasteiger partial charge in [0.1, 0.15) is 6.04 Å². The number of nitrogens with one attached hydrogen (secondary N) is 1. The molecule has 0 spiro atoms. The van der Waals surface area contributed by atoms with Crippen LogP contribution in [-0.4, -0.2) is 31.4 Å². The first kappa shape index (κ1) is 17.1. The molecule has 0 saturated heterocycles. The van der Waals surface area contributed by atoms with Crippen molar-refractivity contribution >= 4 is 21.9 Å². The van der Waals surface area contributed by atoms with Crippen molar-refractivity contribution in [1.29, 1.82) is 0 Å². The Bertz CT molecular complexity index is 667. The number of amides is 1. The molecule has 1 rings (SSSR count). The predicted octanol–water partition coefficient (Wildman–Crippen LogP) is 0.481. The van der Waals surface area contributed by atoms with Crippen LogP contribution in [0, 0.1) is 12.8 Å². The Hall–Kier alpha value is -1.93. The molecular weight excluding hydrogens is 296 g/mol. The topological polar surface area (TPSA) is 127 Å². The molecule has 0 unspecified atom stereocenters. The van der Waals surface area contributed by atoms with Gasteiger partial charge >= 0.3 is 5.97 Å². The van der Waals surface area contributed by atoms with Crippen LogP contribution in [0.25, 0.3) is 0 Å². The maximum absolute atomic E-state index is 12.2. The molecule has 0 fully saturated rings. The van der Waals surface area contributed by atoms with E-state index in [-0.39, 0.29) is 10.5 Å². The molecule has 0 saturated carbocycles. The summed E-state index contributed by atoms with van der Waals surface area (Å²) in [5.74, 6) is -2.45. The highest BCUT2D eigenvalue weighted by Crippen LogP contribution is 2.16. The minimum Gasteiger partial charge on any atom is -0.480 e. The summed E-state index contributed by atoms with van der Waals surface area (Å²) in [6, 6.07) is 2.62. The number of hydrogen-bond donors (Lipinski definition) is 3. The van der Waals surface area contributed by atoms with Crippen molar-refractivity contribution in [2.24, 2.45) is 11.7 Å². The fourth-order valence-electron chi connectivity index (χ4n) is 1.74. The second kappa shape index (κ2) is 6.23. The van der Waals surface area contributed by atoms with Crippen LogP contribution in [-0.2, 0) is 14.8 Å². The summed E-state index contributed by atoms with van der Waals surface area (Å²) in [7, 11) is -4.06. The third kappa shape index (κ3) is 4.02. The van der Waals surface area contributed by atoms with Crippen LogP contribution in [0.4, 0.5) is 0 Å². The fourth-order valence-corrected chi connectivity index (χ4v) is 3.10. The number of carboxylic acids is 1. The van der Waals surface area contributed by atoms with E-state index in [9.17, 15) is 18.0 Å². The van der Waals surface area contributed by atoms with Gasteiger partial charge in [0.15, 0.2) is 0 Å². The molecule has 0 bridgehead atoms. The van der Waals surface area contributed by atoms with Crippen molar-refractivity contribution < 1.29 is 23.1 Å². The maximum Gasteiger partial charge on any atom is 0.322 e. The number of sulfonamides is 1. The van der Waals surface area contributed by atoms with Crippen molar-refractivity contribution in [3.8, 4) is 0 Å². The molecule has 0 aliphatic carbocycles. The Kier molecular flexibility index (Phi) is 5.08. The smallest absolute Gasteiger partial charge is 0.322 e. The van der Waals surface area contributed by atoms with E-state index in [2.05, 4.69) is 4.72 Å². The van der Waals surface area contributed by atoms with Crippen LogP contribution in [0.1, 0.15) is 29.8 Å². The lowest BCUT2D eigenvalue weighted by Crippen LogP contribution is -2.44. The molecule has 116 valence electrons. The number of carboxylic acid groups (broad SMARTS) is 1. The Morgan fingerprint density at radius 1 is 1.29 bits per heavy atom. The van der Waals surface area contributed by atoms with Gasteiger partial charge in [-0.05, 0) is 30.5 Å². The average molecular weight is 314 g/mol. The van der Waals surface area contributed by atoms with Crippen molar-refractivity contribution in [3.05, 3.63) is 29.3 Å². The van der Waals surface area contributed by atoms with Gasteiger partial charge < -0.3 is 10.8 Å². The number of nitrogens with two attached hydrogens (primary N) is 1. The average Bonchev–Trinajstić information content (AvgIpc) is 2.35. The van der Waals surface area contributed by atoms with Gasteiger partial charge in [-0.25, -0.2) is 8.42 Å². The minimum absolute atomic E-state index is 0.0781. The van der Waals surface area contributed by atoms with E-state index in [4.69, 9.17) is 10.8 Å². The summed E-state index contributed by atoms with van der Waals surface area (Å²) in [6.45, 7) is 4.80. The second-order valence-electron chi connectivity index (χ2n) is 5.02. The number of aryl methyl sites for hydroxylation is 1. The molecule has 8 heteroatoms. The van der Waals surface area contributed by atoms with E-state index in [0.717, 1.165) is 6.07 Å². The molecule has 0 aromatic heterocycles. The Labute approximate surface area is 123 Å². The molecular formula is C13H18N2O5S. The normalized spacial score (nSPS) is 13.1. The summed E-state index contributed by atoms with van der Waals surface area (Å²) in [4.78, 5) is 22.1. The van der Waals surface area contributed by atoms with E-state index in [1.807, 2.05) is 0 Å². The quantitative estimate of drug-likeness (QED) is 0.704. The number of rotatable bonds is 6. The minimum atomic E-state index is -4.06. The lowest BCUT2D eigenvalue weighted by atomic mass is 10.1. The first-order valence-electron chi connectivity index (χ1n) is 6.22. The van der Waals surface area contributed by atoms with Gasteiger partial charge in [-0.15, -0.1) is 0 Å². The third-order valence-corrected chi connectivity index (χ3v) is 4.44. The van der Waals surface area contributed by atoms with Gasteiger partial charge in [0.25, 0.3) is 0 Å². The fraction of sp³-hybridized carbons (Fsp3) is 0.385. The van der Waals surface area contributed by atoms with Crippen LogP contribution in [0.15, 0.2) is 23.1 Å². The summed E-state index contributed by atoms with van der Waals surface area (Å²) in [5.41, 5.74) is 5.80. The van der Waals surface area contributed by atoms with Gasteiger partial charge in [0.2, 0.25) is 15.9 Å². The molecule has 1 atom stereocenters. The van der Waals surface area contributed by atoms with Crippen LogP contribution in [0.5, 0.6) is 0 Å². The lowest BCUT2D eigenvalue weighted by Gasteiger charge is -2.18. The molecule has 21 heavy (non-hydrogen) atoms. The molecule has 0 radical (unpaired) electrons. The molecule has 0 aliphatic rings. The van der Waals surface area contributed by atoms with Crippen molar-refractivity contribution in [1.82, 2.24) is 4.72 Å². The van der Waals surface area contributed by atoms with E-state index in [0.29, 0.717) is 5.56 Å². The number of aliphatic carboxylic acids is 1. The highest BCUT2D eigenvalue weighted by Gasteiger charge is 2.28. The van der Waals surface area contributed by atoms with E-state index in [1.54, 1.807) is 20.8 Å². The zero-order chi connectivity index (χ0) is 16.4. The van der Waals surface area contributed by atoms with E-state index < -0.39 is 33.9 Å². The summed E-state index contributed by atoms with van der Waals surface area (Å²) < 4.78 is 26.5. The Morgan fingerprint density at radius 2 is 1.86 bits per heavy atom. The van der Waals surface area contributed by atoms with E-state index in [1.165, 1.54) is 12.1 Å². The maximum atomic E-state index is 12.2. The number of primary amides is 1. The summed E-state index contributed by atoms with van der Waals surface area (Å²) >= 11 is 0. The lowest BCUT2D eigenvalue weighted by molar-refractivity contribution is -0.140. The first-order chi connectivity index (χ1) is 9.56. The standard InChI is InChI=1S/C13H18N2O5S/c1-7(2)11(13(17)18)15-21(19,20)9-5-4-8(3)10(6-9)12(14)16/h4-7,11,15H,1-3H3,(H2,14,16)(H,17,18)/t11-/m0/s1. The highest BCUT2D eigenvalue weighted by atomic mass is 32.2. The second-order valence-corrected chi connectivity index (χ2v) is 6.74. The van der Waals surface area contributed by atoms with Crippen molar-refractivity contribution in [2.75, 3.05) is 0 Å². The van der Waals surface area contributed by atoms with Crippen molar-refractivity contribution in [3.63, 3.8) is 0 Å². The Balaban J connectivity index is 3.22. The Morgan fingerprint density at radius 3 is 2.29 bits per heavy atom. The van der Waals surface area contributed by atoms with Gasteiger partial charge in [0, 0.05) is 5.56 Å². The van der Waals surface area contributed by atoms with Crippen LogP contribution in [0.2, 0.25) is 0 Å². The zero-order valence-electron chi connectivity index (χ0n) is 12.0. The number of benzene rings is 1. The largest absolute Gasteiger partial charge is 0.480 e. The zero-order valence-corrected chi connectivity index (χ0v) is 12.8. The first-order valence-corrected chi connectivity index (χ1v) is 7.70. The highest BCUT2D eigenvalue weighted by molar-refractivity contribution is 7.89. The molecule has 0 aliphatic heterocycles. The summed E-state index contributed by atoms with van der Waals surface area (Å²) in [6.07, 6.45) is 0. The molecule has 0 heterocycles. The molecule has 1 aromatic rings. The van der Waals surface area contributed by atoms with Gasteiger partial charge in [0.05, 0.1) is 4.90 Å². The van der Waals surface area contributed by atoms with Crippen molar-refractivity contribution in [2.45, 2.75) is 31.7 Å². The number of carbonyl (C=O) groups excluding carboxylic acids is 1. The molecule has 4 N–H and O–H groups in total. The van der Waals surface area contributed by atoms with Gasteiger partial charge in [-0.2, -0.15) is 4.72 Å². The molecule has 7 nitrogen and oxygen atoms in total. The monoisotopic (exact) mass is 314 g/mol. The van der Waals surface area contributed by atoms with Crippen LogP contribution < -0.4 is 10.5 Å². The van der Waals surface area contributed by atoms with Gasteiger partial charge in [-0.1, -0.05) is 19.9 Å². The third-order valence-electron chi connectivity index (χ3n) is 3.00. The van der Waals surface area contributed by atoms with Gasteiger partial charge in [-0.3, -0.25) is 9.59 Å². The molecule has 1 amide bonds.